The number of hydrogen-bond acceptors (Lipinski definition) is 4. The second-order valence-corrected chi connectivity index (χ2v) is 5.09. The van der Waals surface area contributed by atoms with E-state index in [0.717, 1.165) is 10.8 Å². The largest absolute Gasteiger partial charge is 0.424 e. The number of amides is 2. The molecule has 0 radical (unpaired) electrons. The molecule has 2 heterocycles. The lowest BCUT2D eigenvalue weighted by atomic mass is 9.97. The van der Waals surface area contributed by atoms with Crippen LogP contribution in [0.5, 0.6) is 0 Å². The van der Waals surface area contributed by atoms with Gasteiger partial charge in [-0.3, -0.25) is 4.98 Å². The Morgan fingerprint density at radius 1 is 1.29 bits per heavy atom. The fraction of sp³-hybridized carbons (Fsp3) is 0.357. The van der Waals surface area contributed by atoms with E-state index in [1.807, 2.05) is 0 Å². The van der Waals surface area contributed by atoms with Gasteiger partial charge in [0.2, 0.25) is 5.60 Å². The molecule has 0 saturated heterocycles. The molecule has 130 valence electrons. The molecule has 10 heteroatoms. The molecule has 24 heavy (non-hydrogen) atoms. The quantitative estimate of drug-likeness (QED) is 0.772. The minimum atomic E-state index is -4.94. The molecule has 0 spiro atoms. The molecule has 7 nitrogen and oxygen atoms in total. The number of nitrogens with one attached hydrogen (secondary N) is 2. The standard InChI is InChI=1S/C14H16F3N5O2/c1-22-9-8-19-11(22)13(24,14(15,16)17)4-7-20-12(23)21-10-2-5-18-6-3-10/h2-3,5-6,8-9,24H,4,7H2,1H3,(H2,18,20,21,23). The summed E-state index contributed by atoms with van der Waals surface area (Å²) in [4.78, 5) is 19.0. The highest BCUT2D eigenvalue weighted by molar-refractivity contribution is 5.89. The Morgan fingerprint density at radius 3 is 2.50 bits per heavy atom. The first-order valence-corrected chi connectivity index (χ1v) is 6.96. The lowest BCUT2D eigenvalue weighted by molar-refractivity contribution is -0.272. The fourth-order valence-electron chi connectivity index (χ4n) is 2.11. The molecular formula is C14H16F3N5O2. The normalized spacial score (nSPS) is 14.0. The summed E-state index contributed by atoms with van der Waals surface area (Å²) in [7, 11) is 1.35. The van der Waals surface area contributed by atoms with Gasteiger partial charge in [-0.25, -0.2) is 9.78 Å². The average Bonchev–Trinajstić information content (AvgIpc) is 2.93. The lowest BCUT2D eigenvalue weighted by Gasteiger charge is -2.29. The molecule has 1 atom stereocenters. The van der Waals surface area contributed by atoms with Crippen LogP contribution in [0.15, 0.2) is 36.9 Å². The number of hydrogen-bond donors (Lipinski definition) is 3. The zero-order chi connectivity index (χ0) is 17.8. The van der Waals surface area contributed by atoms with Crippen molar-refractivity contribution in [2.45, 2.75) is 18.2 Å². The highest BCUT2D eigenvalue weighted by Gasteiger charge is 2.57. The number of aryl methyl sites for hydroxylation is 1. The third-order valence-electron chi connectivity index (χ3n) is 3.37. The minimum Gasteiger partial charge on any atom is -0.374 e. The van der Waals surface area contributed by atoms with Crippen molar-refractivity contribution in [2.75, 3.05) is 11.9 Å². The van der Waals surface area contributed by atoms with Crippen molar-refractivity contribution in [2.24, 2.45) is 7.05 Å². The molecule has 0 saturated carbocycles. The van der Waals surface area contributed by atoms with Crippen LogP contribution >= 0.6 is 0 Å². The SMILES string of the molecule is Cn1ccnc1C(O)(CCNC(=O)Nc1ccncc1)C(F)(F)F. The predicted octanol–water partition coefficient (Wildman–Crippen LogP) is 1.78. The van der Waals surface area contributed by atoms with Gasteiger partial charge in [0.25, 0.3) is 0 Å². The monoisotopic (exact) mass is 343 g/mol. The molecule has 0 fully saturated rings. The molecule has 2 rings (SSSR count). The van der Waals surface area contributed by atoms with Crippen molar-refractivity contribution >= 4 is 11.7 Å². The number of pyridine rings is 1. The Kier molecular flexibility index (Phi) is 5.07. The van der Waals surface area contributed by atoms with Crippen molar-refractivity contribution < 1.29 is 23.1 Å². The average molecular weight is 343 g/mol. The zero-order valence-electron chi connectivity index (χ0n) is 12.7. The van der Waals surface area contributed by atoms with Crippen LogP contribution in [0.4, 0.5) is 23.7 Å². The summed E-state index contributed by atoms with van der Waals surface area (Å²) in [6.07, 6.45) is -0.329. The number of aromatic nitrogens is 3. The number of imidazole rings is 1. The first kappa shape index (κ1) is 17.7. The molecule has 0 bridgehead atoms. The van der Waals surface area contributed by atoms with Crippen LogP contribution < -0.4 is 10.6 Å². The number of carbonyl (C=O) groups is 1. The Labute approximate surface area is 135 Å². The van der Waals surface area contributed by atoms with Crippen LogP contribution in [0, 0.1) is 0 Å². The molecule has 0 aliphatic rings. The zero-order valence-corrected chi connectivity index (χ0v) is 12.7. The van der Waals surface area contributed by atoms with E-state index in [2.05, 4.69) is 20.6 Å². The maximum Gasteiger partial charge on any atom is 0.424 e. The summed E-state index contributed by atoms with van der Waals surface area (Å²) >= 11 is 0. The predicted molar refractivity (Wildman–Crippen MR) is 79.0 cm³/mol. The second-order valence-electron chi connectivity index (χ2n) is 5.09. The van der Waals surface area contributed by atoms with Crippen molar-refractivity contribution in [1.29, 1.82) is 0 Å². The van der Waals surface area contributed by atoms with Gasteiger partial charge in [-0.05, 0) is 12.1 Å². The van der Waals surface area contributed by atoms with Gasteiger partial charge >= 0.3 is 12.2 Å². The fourth-order valence-corrected chi connectivity index (χ4v) is 2.11. The van der Waals surface area contributed by atoms with Crippen LogP contribution in [0.3, 0.4) is 0 Å². The highest BCUT2D eigenvalue weighted by Crippen LogP contribution is 2.40. The maximum absolute atomic E-state index is 13.3. The molecule has 0 aliphatic carbocycles. The number of aliphatic hydroxyl groups is 1. The van der Waals surface area contributed by atoms with Gasteiger partial charge < -0.3 is 20.3 Å². The first-order valence-electron chi connectivity index (χ1n) is 6.96. The van der Waals surface area contributed by atoms with Crippen LogP contribution in [0.25, 0.3) is 0 Å². The third kappa shape index (κ3) is 3.82. The summed E-state index contributed by atoms with van der Waals surface area (Å²) in [5.41, 5.74) is -2.72. The van der Waals surface area contributed by atoms with E-state index in [1.54, 1.807) is 0 Å². The Bertz CT molecular complexity index is 689. The van der Waals surface area contributed by atoms with Crippen LogP contribution in [-0.2, 0) is 12.6 Å². The Balaban J connectivity index is 1.99. The number of alkyl halides is 3. The van der Waals surface area contributed by atoms with Gasteiger partial charge in [-0.2, -0.15) is 13.2 Å². The van der Waals surface area contributed by atoms with Crippen LogP contribution in [0.1, 0.15) is 12.2 Å². The summed E-state index contributed by atoms with van der Waals surface area (Å²) in [5.74, 6) is -0.536. The number of halogens is 3. The van der Waals surface area contributed by atoms with E-state index >= 15 is 0 Å². The van der Waals surface area contributed by atoms with Crippen molar-refractivity contribution in [3.05, 3.63) is 42.7 Å². The number of rotatable bonds is 5. The van der Waals surface area contributed by atoms with Gasteiger partial charge in [-0.1, -0.05) is 0 Å². The Morgan fingerprint density at radius 2 is 1.96 bits per heavy atom. The summed E-state index contributed by atoms with van der Waals surface area (Å²) in [6.45, 7) is -0.403. The van der Waals surface area contributed by atoms with E-state index in [4.69, 9.17) is 0 Å². The van der Waals surface area contributed by atoms with E-state index in [0.29, 0.717) is 5.69 Å². The lowest BCUT2D eigenvalue weighted by Crippen LogP contribution is -2.47. The van der Waals surface area contributed by atoms with Gasteiger partial charge in [0.15, 0.2) is 0 Å². The van der Waals surface area contributed by atoms with Gasteiger partial charge in [-0.15, -0.1) is 0 Å². The van der Waals surface area contributed by atoms with Gasteiger partial charge in [0, 0.05) is 50.5 Å². The third-order valence-corrected chi connectivity index (χ3v) is 3.37. The summed E-state index contributed by atoms with van der Waals surface area (Å²) in [5, 5.41) is 14.8. The van der Waals surface area contributed by atoms with E-state index in [1.165, 1.54) is 37.8 Å². The first-order chi connectivity index (χ1) is 11.2. The molecule has 0 aromatic carbocycles. The summed E-state index contributed by atoms with van der Waals surface area (Å²) in [6, 6.07) is 2.37. The van der Waals surface area contributed by atoms with Crippen molar-refractivity contribution in [1.82, 2.24) is 19.9 Å². The maximum atomic E-state index is 13.3. The van der Waals surface area contributed by atoms with Crippen molar-refractivity contribution in [3.63, 3.8) is 0 Å². The van der Waals surface area contributed by atoms with Crippen LogP contribution in [-0.4, -0.2) is 38.4 Å². The molecule has 0 aliphatic heterocycles. The molecule has 2 aromatic rings. The minimum absolute atomic E-state index is 0.403. The Hall–Kier alpha value is -2.62. The topological polar surface area (TPSA) is 92.1 Å². The second kappa shape index (κ2) is 6.87. The van der Waals surface area contributed by atoms with E-state index < -0.39 is 36.6 Å². The molecule has 1 unspecified atom stereocenters. The molecule has 2 aromatic heterocycles. The highest BCUT2D eigenvalue weighted by atomic mass is 19.4. The smallest absolute Gasteiger partial charge is 0.374 e. The van der Waals surface area contributed by atoms with E-state index in [9.17, 15) is 23.1 Å². The van der Waals surface area contributed by atoms with E-state index in [-0.39, 0.29) is 0 Å². The number of nitrogens with zero attached hydrogens (tertiary/aromatic N) is 3. The van der Waals surface area contributed by atoms with Crippen molar-refractivity contribution in [3.8, 4) is 0 Å². The molecule has 2 amide bonds. The number of anilines is 1. The number of urea groups is 1. The van der Waals surface area contributed by atoms with Crippen LogP contribution in [0.2, 0.25) is 0 Å². The molecule has 3 N–H and O–H groups in total. The van der Waals surface area contributed by atoms with Gasteiger partial charge in [0.05, 0.1) is 0 Å². The number of carbonyl (C=O) groups excluding carboxylic acids is 1. The summed E-state index contributed by atoms with van der Waals surface area (Å²) < 4.78 is 40.9. The van der Waals surface area contributed by atoms with Gasteiger partial charge in [0.1, 0.15) is 5.82 Å². The molecular weight excluding hydrogens is 327 g/mol.